The van der Waals surface area contributed by atoms with Gasteiger partial charge in [-0.1, -0.05) is 23.9 Å². The van der Waals surface area contributed by atoms with Crippen LogP contribution in [0.5, 0.6) is 5.75 Å². The Bertz CT molecular complexity index is 1040. The molecule has 0 atom stereocenters. The maximum atomic E-state index is 5.52. The summed E-state index contributed by atoms with van der Waals surface area (Å²) in [6, 6.07) is 12.4. The van der Waals surface area contributed by atoms with E-state index in [1.54, 1.807) is 7.11 Å². The lowest BCUT2D eigenvalue weighted by Crippen LogP contribution is -2.33. The van der Waals surface area contributed by atoms with Crippen LogP contribution >= 0.6 is 11.8 Å². The molecule has 0 unspecified atom stereocenters. The summed E-state index contributed by atoms with van der Waals surface area (Å²) in [4.78, 5) is 9.33. The zero-order valence-corrected chi connectivity index (χ0v) is 20.8. The molecule has 4 heterocycles. The summed E-state index contributed by atoms with van der Waals surface area (Å²) in [7, 11) is 1.72. The van der Waals surface area contributed by atoms with Gasteiger partial charge in [-0.25, -0.2) is 0 Å². The minimum atomic E-state index is 0.400. The van der Waals surface area contributed by atoms with Gasteiger partial charge in [0.1, 0.15) is 11.6 Å². The predicted octanol–water partition coefficient (Wildman–Crippen LogP) is 4.24. The number of thioether (sulfide) groups is 1. The van der Waals surface area contributed by atoms with Crippen LogP contribution in [0.1, 0.15) is 43.0 Å². The number of piperidine rings is 1. The van der Waals surface area contributed by atoms with Crippen molar-refractivity contribution in [2.24, 2.45) is 0 Å². The van der Waals surface area contributed by atoms with Gasteiger partial charge in [-0.15, -0.1) is 10.2 Å². The number of rotatable bonds is 9. The molecule has 2 aliphatic heterocycles. The molecular weight excluding hydrogens is 444 g/mol. The highest BCUT2D eigenvalue weighted by atomic mass is 32.2. The Balaban J connectivity index is 1.31. The molecule has 34 heavy (non-hydrogen) atoms. The number of benzene rings is 1. The van der Waals surface area contributed by atoms with Crippen molar-refractivity contribution in [2.45, 2.75) is 43.3 Å². The van der Waals surface area contributed by atoms with Crippen LogP contribution < -0.4 is 4.74 Å². The Morgan fingerprint density at radius 1 is 1.00 bits per heavy atom. The van der Waals surface area contributed by atoms with Crippen LogP contribution in [0.4, 0.5) is 0 Å². The molecule has 2 aromatic heterocycles. The lowest BCUT2D eigenvalue weighted by Gasteiger charge is -2.31. The molecule has 2 saturated heterocycles. The van der Waals surface area contributed by atoms with Crippen LogP contribution in [-0.2, 0) is 6.54 Å². The first-order valence-corrected chi connectivity index (χ1v) is 13.3. The van der Waals surface area contributed by atoms with E-state index in [-0.39, 0.29) is 0 Å². The van der Waals surface area contributed by atoms with Crippen molar-refractivity contribution in [3.8, 4) is 11.4 Å². The summed E-state index contributed by atoms with van der Waals surface area (Å²) < 4.78 is 7.79. The molecule has 7 nitrogen and oxygen atoms in total. The number of hydrogen-bond donors (Lipinski definition) is 0. The van der Waals surface area contributed by atoms with Crippen molar-refractivity contribution in [3.05, 3.63) is 60.2 Å². The lowest BCUT2D eigenvalue weighted by molar-refractivity contribution is 0.200. The van der Waals surface area contributed by atoms with Crippen LogP contribution in [0.3, 0.4) is 0 Å². The largest absolute Gasteiger partial charge is 0.497 e. The number of pyridine rings is 1. The van der Waals surface area contributed by atoms with Gasteiger partial charge in [0.05, 0.1) is 12.8 Å². The smallest absolute Gasteiger partial charge is 0.195 e. The molecule has 0 bridgehead atoms. The van der Waals surface area contributed by atoms with Crippen molar-refractivity contribution in [3.63, 3.8) is 0 Å². The quantitative estimate of drug-likeness (QED) is 0.426. The van der Waals surface area contributed by atoms with Crippen molar-refractivity contribution in [1.29, 1.82) is 0 Å². The number of aromatic nitrogens is 4. The Hall–Kier alpha value is -2.42. The molecule has 1 aromatic carbocycles. The van der Waals surface area contributed by atoms with Gasteiger partial charge in [0.25, 0.3) is 0 Å². The van der Waals surface area contributed by atoms with Gasteiger partial charge in [0.2, 0.25) is 0 Å². The molecule has 0 aliphatic carbocycles. The van der Waals surface area contributed by atoms with E-state index in [1.165, 1.54) is 31.5 Å². The SMILES string of the molecule is COc1cccc(-n2c(SCCN3CCCC3)nnc2C2CCN(Cc3cccnc3)CC2)c1. The van der Waals surface area contributed by atoms with Crippen LogP contribution in [0.15, 0.2) is 53.9 Å². The Morgan fingerprint density at radius 3 is 2.62 bits per heavy atom. The summed E-state index contributed by atoms with van der Waals surface area (Å²) in [5.41, 5.74) is 2.36. The van der Waals surface area contributed by atoms with Crippen LogP contribution in [-0.4, -0.2) is 75.1 Å². The van der Waals surface area contributed by atoms with E-state index in [9.17, 15) is 0 Å². The average molecular weight is 479 g/mol. The summed E-state index contributed by atoms with van der Waals surface area (Å²) in [6.45, 7) is 6.64. The molecule has 2 aliphatic rings. The Labute approximate surface area is 206 Å². The molecule has 180 valence electrons. The van der Waals surface area contributed by atoms with Gasteiger partial charge in [-0.2, -0.15) is 0 Å². The molecule has 0 N–H and O–H groups in total. The highest BCUT2D eigenvalue weighted by Crippen LogP contribution is 2.33. The maximum absolute atomic E-state index is 5.52. The van der Waals surface area contributed by atoms with Crippen LogP contribution in [0.2, 0.25) is 0 Å². The van der Waals surface area contributed by atoms with E-state index >= 15 is 0 Å². The summed E-state index contributed by atoms with van der Waals surface area (Å²) in [5, 5.41) is 10.4. The van der Waals surface area contributed by atoms with Crippen molar-refractivity contribution in [1.82, 2.24) is 29.5 Å². The molecule has 0 spiro atoms. The number of nitrogens with zero attached hydrogens (tertiary/aromatic N) is 6. The maximum Gasteiger partial charge on any atom is 0.195 e. The first-order chi connectivity index (χ1) is 16.8. The zero-order valence-electron chi connectivity index (χ0n) is 20.0. The molecule has 2 fully saturated rings. The summed E-state index contributed by atoms with van der Waals surface area (Å²) in [5.74, 6) is 3.37. The Kier molecular flexibility index (Phi) is 7.78. The van der Waals surface area contributed by atoms with E-state index in [1.807, 2.05) is 42.4 Å². The van der Waals surface area contributed by atoms with Crippen molar-refractivity contribution in [2.75, 3.05) is 45.6 Å². The van der Waals surface area contributed by atoms with Crippen molar-refractivity contribution < 1.29 is 4.74 Å². The van der Waals surface area contributed by atoms with Gasteiger partial charge in [-0.3, -0.25) is 14.5 Å². The molecule has 5 rings (SSSR count). The molecule has 3 aromatic rings. The highest BCUT2D eigenvalue weighted by Gasteiger charge is 2.27. The van der Waals surface area contributed by atoms with E-state index < -0.39 is 0 Å². The Morgan fingerprint density at radius 2 is 1.85 bits per heavy atom. The number of likely N-dealkylation sites (tertiary alicyclic amines) is 2. The van der Waals surface area contributed by atoms with Crippen LogP contribution in [0.25, 0.3) is 5.69 Å². The minimum Gasteiger partial charge on any atom is -0.497 e. The third kappa shape index (κ3) is 5.62. The lowest BCUT2D eigenvalue weighted by atomic mass is 9.95. The second kappa shape index (κ2) is 11.3. The number of hydrogen-bond acceptors (Lipinski definition) is 7. The topological polar surface area (TPSA) is 59.3 Å². The van der Waals surface area contributed by atoms with E-state index in [2.05, 4.69) is 42.6 Å². The fourth-order valence-corrected chi connectivity index (χ4v) is 5.96. The van der Waals surface area contributed by atoms with E-state index in [4.69, 9.17) is 9.84 Å². The highest BCUT2D eigenvalue weighted by molar-refractivity contribution is 7.99. The molecule has 0 radical (unpaired) electrons. The number of ether oxygens (including phenoxy) is 1. The van der Waals surface area contributed by atoms with E-state index in [0.717, 1.165) is 67.2 Å². The molecule has 0 amide bonds. The number of methoxy groups -OCH3 is 1. The van der Waals surface area contributed by atoms with E-state index in [0.29, 0.717) is 5.92 Å². The standard InChI is InChI=1S/C26H34N6OS/c1-33-24-8-4-7-23(18-24)32-25(28-29-26(32)34-17-16-30-12-2-3-13-30)22-9-14-31(15-10-22)20-21-6-5-11-27-19-21/h4-8,11,18-19,22H,2-3,9-10,12-17,20H2,1H3. The first kappa shape index (κ1) is 23.3. The zero-order chi connectivity index (χ0) is 23.2. The van der Waals surface area contributed by atoms with Gasteiger partial charge in [0.15, 0.2) is 5.16 Å². The fraction of sp³-hybridized carbons (Fsp3) is 0.500. The third-order valence-electron chi connectivity index (χ3n) is 6.89. The first-order valence-electron chi connectivity index (χ1n) is 12.4. The van der Waals surface area contributed by atoms with Crippen molar-refractivity contribution >= 4 is 11.8 Å². The fourth-order valence-electron chi connectivity index (χ4n) is 5.00. The third-order valence-corrected chi connectivity index (χ3v) is 7.80. The second-order valence-electron chi connectivity index (χ2n) is 9.19. The average Bonchev–Trinajstić information content (AvgIpc) is 3.56. The summed E-state index contributed by atoms with van der Waals surface area (Å²) in [6.07, 6.45) is 8.63. The molecular formula is C26H34N6OS. The van der Waals surface area contributed by atoms with Crippen LogP contribution in [0, 0.1) is 0 Å². The normalized spacial score (nSPS) is 17.9. The van der Waals surface area contributed by atoms with Gasteiger partial charge in [-0.05, 0) is 75.6 Å². The monoisotopic (exact) mass is 478 g/mol. The second-order valence-corrected chi connectivity index (χ2v) is 10.2. The van der Waals surface area contributed by atoms with Gasteiger partial charge in [0, 0.05) is 43.2 Å². The molecule has 0 saturated carbocycles. The minimum absolute atomic E-state index is 0.400. The predicted molar refractivity (Wildman–Crippen MR) is 136 cm³/mol. The van der Waals surface area contributed by atoms with Gasteiger partial charge < -0.3 is 9.64 Å². The summed E-state index contributed by atoms with van der Waals surface area (Å²) >= 11 is 1.82. The molecule has 8 heteroatoms. The van der Waals surface area contributed by atoms with Gasteiger partial charge >= 0.3 is 0 Å².